The van der Waals surface area contributed by atoms with Gasteiger partial charge in [-0.2, -0.15) is 0 Å². The molecule has 6 nitrogen and oxygen atoms in total. The molecular weight excluding hydrogens is 344 g/mol. The largest absolute Gasteiger partial charge is 0.496 e. The Kier molecular flexibility index (Phi) is 5.76. The molecule has 0 spiro atoms. The Labute approximate surface area is 158 Å². The van der Waals surface area contributed by atoms with Crippen molar-refractivity contribution in [2.45, 2.75) is 31.8 Å². The highest BCUT2D eigenvalue weighted by Gasteiger charge is 2.35. The minimum atomic E-state index is -0.811. The molecule has 2 aromatic rings. The quantitative estimate of drug-likeness (QED) is 0.841. The highest BCUT2D eigenvalue weighted by Crippen LogP contribution is 2.27. The van der Waals surface area contributed by atoms with Crippen molar-refractivity contribution in [3.05, 3.63) is 54.1 Å². The Morgan fingerprint density at radius 2 is 1.78 bits per heavy atom. The number of ether oxygens (including phenoxy) is 2. The van der Waals surface area contributed by atoms with Gasteiger partial charge in [0.05, 0.1) is 12.7 Å². The van der Waals surface area contributed by atoms with Gasteiger partial charge in [0.25, 0.3) is 11.8 Å². The molecule has 1 aliphatic rings. The Morgan fingerprint density at radius 1 is 1.04 bits per heavy atom. The Hall–Kier alpha value is -2.86. The first-order valence-corrected chi connectivity index (χ1v) is 9.02. The van der Waals surface area contributed by atoms with E-state index < -0.39 is 5.60 Å². The summed E-state index contributed by atoms with van der Waals surface area (Å²) >= 11 is 0. The lowest BCUT2D eigenvalue weighted by atomic mass is 9.95. The molecule has 0 bridgehead atoms. The lowest BCUT2D eigenvalue weighted by Gasteiger charge is -2.32. The van der Waals surface area contributed by atoms with Crippen LogP contribution < -0.4 is 15.4 Å². The minimum Gasteiger partial charge on any atom is -0.496 e. The molecule has 1 aliphatic heterocycles. The van der Waals surface area contributed by atoms with Crippen LogP contribution in [-0.2, 0) is 9.53 Å². The van der Waals surface area contributed by atoms with Crippen LogP contribution in [0.1, 0.15) is 36.5 Å². The molecule has 6 heteroatoms. The monoisotopic (exact) mass is 368 g/mol. The van der Waals surface area contributed by atoms with Gasteiger partial charge in [0.1, 0.15) is 11.4 Å². The molecule has 2 amide bonds. The molecule has 2 N–H and O–H groups in total. The maximum Gasteiger partial charge on any atom is 0.259 e. The van der Waals surface area contributed by atoms with E-state index in [2.05, 4.69) is 10.6 Å². The van der Waals surface area contributed by atoms with Gasteiger partial charge in [-0.3, -0.25) is 9.59 Å². The summed E-state index contributed by atoms with van der Waals surface area (Å²) < 4.78 is 10.9. The maximum atomic E-state index is 12.6. The first-order valence-electron chi connectivity index (χ1n) is 9.02. The zero-order valence-electron chi connectivity index (χ0n) is 15.6. The lowest BCUT2D eigenvalue weighted by molar-refractivity contribution is -0.144. The second-order valence-electron chi connectivity index (χ2n) is 6.73. The van der Waals surface area contributed by atoms with Crippen LogP contribution in [0.5, 0.6) is 5.75 Å². The van der Waals surface area contributed by atoms with Gasteiger partial charge in [-0.1, -0.05) is 18.2 Å². The van der Waals surface area contributed by atoms with E-state index >= 15 is 0 Å². The molecule has 1 saturated heterocycles. The highest BCUT2D eigenvalue weighted by molar-refractivity contribution is 6.06. The zero-order chi connectivity index (χ0) is 19.3. The van der Waals surface area contributed by atoms with Crippen molar-refractivity contribution in [3.63, 3.8) is 0 Å². The third kappa shape index (κ3) is 4.46. The SMILES string of the molecule is COc1ccccc1C(=O)Nc1cccc(NC(=O)C2(C)CCCCO2)c1. The third-order valence-electron chi connectivity index (χ3n) is 4.68. The minimum absolute atomic E-state index is 0.171. The van der Waals surface area contributed by atoms with Crippen LogP contribution in [-0.4, -0.2) is 31.1 Å². The van der Waals surface area contributed by atoms with Crippen LogP contribution >= 0.6 is 0 Å². The number of rotatable bonds is 5. The second kappa shape index (κ2) is 8.22. The van der Waals surface area contributed by atoms with Crippen LogP contribution in [0.4, 0.5) is 11.4 Å². The van der Waals surface area contributed by atoms with Gasteiger partial charge in [0.15, 0.2) is 0 Å². The van der Waals surface area contributed by atoms with Crippen molar-refractivity contribution in [3.8, 4) is 5.75 Å². The molecule has 27 heavy (non-hydrogen) atoms. The van der Waals surface area contributed by atoms with E-state index in [4.69, 9.17) is 9.47 Å². The van der Waals surface area contributed by atoms with Crippen molar-refractivity contribution in [1.82, 2.24) is 0 Å². The predicted octanol–water partition coefficient (Wildman–Crippen LogP) is 3.85. The summed E-state index contributed by atoms with van der Waals surface area (Å²) in [5.74, 6) is 0.0516. The number of methoxy groups -OCH3 is 1. The number of carbonyl (C=O) groups is 2. The molecule has 0 radical (unpaired) electrons. The van der Waals surface area contributed by atoms with Gasteiger partial charge in [0, 0.05) is 18.0 Å². The number of hydrogen-bond acceptors (Lipinski definition) is 4. The van der Waals surface area contributed by atoms with Gasteiger partial charge in [-0.05, 0) is 56.5 Å². The number of amides is 2. The average molecular weight is 368 g/mol. The number of carbonyl (C=O) groups excluding carboxylic acids is 2. The molecule has 1 fully saturated rings. The smallest absolute Gasteiger partial charge is 0.259 e. The number of benzene rings is 2. The van der Waals surface area contributed by atoms with Gasteiger partial charge < -0.3 is 20.1 Å². The summed E-state index contributed by atoms with van der Waals surface area (Å²) in [7, 11) is 1.52. The van der Waals surface area contributed by atoms with Gasteiger partial charge in [0.2, 0.25) is 0 Å². The van der Waals surface area contributed by atoms with Crippen molar-refractivity contribution in [1.29, 1.82) is 0 Å². The molecule has 142 valence electrons. The number of hydrogen-bond donors (Lipinski definition) is 2. The van der Waals surface area contributed by atoms with E-state index in [-0.39, 0.29) is 11.8 Å². The van der Waals surface area contributed by atoms with Crippen LogP contribution in [0.3, 0.4) is 0 Å². The number of para-hydroxylation sites is 1. The molecule has 0 aromatic heterocycles. The lowest BCUT2D eigenvalue weighted by Crippen LogP contribution is -2.45. The molecule has 0 aliphatic carbocycles. The molecule has 3 rings (SSSR count). The summed E-state index contributed by atoms with van der Waals surface area (Å²) in [5.41, 5.74) is 0.818. The van der Waals surface area contributed by atoms with Crippen molar-refractivity contribution in [2.24, 2.45) is 0 Å². The van der Waals surface area contributed by atoms with E-state index in [0.717, 1.165) is 12.8 Å². The fourth-order valence-corrected chi connectivity index (χ4v) is 3.08. The van der Waals surface area contributed by atoms with E-state index in [1.165, 1.54) is 7.11 Å². The highest BCUT2D eigenvalue weighted by atomic mass is 16.5. The fraction of sp³-hybridized carbons (Fsp3) is 0.333. The predicted molar refractivity (Wildman–Crippen MR) is 104 cm³/mol. The van der Waals surface area contributed by atoms with Gasteiger partial charge >= 0.3 is 0 Å². The van der Waals surface area contributed by atoms with E-state index in [1.54, 1.807) is 48.5 Å². The fourth-order valence-electron chi connectivity index (χ4n) is 3.08. The summed E-state index contributed by atoms with van der Waals surface area (Å²) in [6, 6.07) is 14.1. The Morgan fingerprint density at radius 3 is 2.48 bits per heavy atom. The van der Waals surface area contributed by atoms with E-state index in [1.807, 2.05) is 6.92 Å². The van der Waals surface area contributed by atoms with Crippen molar-refractivity contribution >= 4 is 23.2 Å². The zero-order valence-corrected chi connectivity index (χ0v) is 15.6. The molecule has 0 saturated carbocycles. The van der Waals surface area contributed by atoms with Crippen LogP contribution in [0.15, 0.2) is 48.5 Å². The van der Waals surface area contributed by atoms with E-state index in [0.29, 0.717) is 35.7 Å². The van der Waals surface area contributed by atoms with Gasteiger partial charge in [-0.15, -0.1) is 0 Å². The van der Waals surface area contributed by atoms with Crippen molar-refractivity contribution in [2.75, 3.05) is 24.4 Å². The Bertz CT molecular complexity index is 828. The van der Waals surface area contributed by atoms with Crippen LogP contribution in [0, 0.1) is 0 Å². The Balaban J connectivity index is 1.70. The van der Waals surface area contributed by atoms with Crippen LogP contribution in [0.25, 0.3) is 0 Å². The average Bonchev–Trinajstić information content (AvgIpc) is 2.68. The van der Waals surface area contributed by atoms with Gasteiger partial charge in [-0.25, -0.2) is 0 Å². The first kappa shape index (κ1) is 18.9. The maximum absolute atomic E-state index is 12.6. The molecule has 1 heterocycles. The number of nitrogens with one attached hydrogen (secondary N) is 2. The molecule has 2 aromatic carbocycles. The third-order valence-corrected chi connectivity index (χ3v) is 4.68. The summed E-state index contributed by atoms with van der Waals surface area (Å²) in [4.78, 5) is 25.1. The first-order chi connectivity index (χ1) is 13.0. The summed E-state index contributed by atoms with van der Waals surface area (Å²) in [6.45, 7) is 2.41. The summed E-state index contributed by atoms with van der Waals surface area (Å²) in [5, 5.41) is 5.72. The van der Waals surface area contributed by atoms with Crippen molar-refractivity contribution < 1.29 is 19.1 Å². The second-order valence-corrected chi connectivity index (χ2v) is 6.73. The molecule has 1 unspecified atom stereocenters. The molecule has 1 atom stereocenters. The standard InChI is InChI=1S/C21H24N2O4/c1-21(12-5-6-13-27-21)20(25)23-16-9-7-8-15(14-16)22-19(24)17-10-3-4-11-18(17)26-2/h3-4,7-11,14H,5-6,12-13H2,1-2H3,(H,22,24)(H,23,25). The normalized spacial score (nSPS) is 19.2. The molecular formula is C21H24N2O4. The summed E-state index contributed by atoms with van der Waals surface area (Å²) in [6.07, 6.45) is 2.65. The number of anilines is 2. The van der Waals surface area contributed by atoms with E-state index in [9.17, 15) is 9.59 Å². The van der Waals surface area contributed by atoms with Crippen LogP contribution in [0.2, 0.25) is 0 Å². The topological polar surface area (TPSA) is 76.7 Å².